The largest absolute Gasteiger partial charge is 0.314 e. The number of nitrogens with zero attached hydrogens (tertiary/aromatic N) is 1. The molecule has 0 fully saturated rings. The zero-order chi connectivity index (χ0) is 32.5. The van der Waals surface area contributed by atoms with Crippen LogP contribution in [0, 0.1) is 11.8 Å². The molecule has 0 radical (unpaired) electrons. The van der Waals surface area contributed by atoms with Crippen molar-refractivity contribution < 1.29 is 0 Å². The van der Waals surface area contributed by atoms with Crippen molar-refractivity contribution in [1.29, 1.82) is 0 Å². The topological polar surface area (TPSA) is 3.24 Å². The third-order valence-corrected chi connectivity index (χ3v) is 9.35. The number of hydrogen-bond donors (Lipinski definition) is 0. The van der Waals surface area contributed by atoms with Gasteiger partial charge in [0.15, 0.2) is 0 Å². The molecule has 2 atom stereocenters. The number of para-hydroxylation sites is 1. The van der Waals surface area contributed by atoms with E-state index < -0.39 is 0 Å². The SMILES string of the molecule is C=CC1=CCC=C(C(Cc2ccc3c(ccc4cc(N(/C(=C/C=C\C)CC)c5ccccc5)ccc43)c2)C(C)C/C=C\C)C=C1C. The number of benzene rings is 4. The smallest absolute Gasteiger partial charge is 0.0464 e. The summed E-state index contributed by atoms with van der Waals surface area (Å²) in [5.41, 5.74) is 9.02. The van der Waals surface area contributed by atoms with Gasteiger partial charge >= 0.3 is 0 Å². The van der Waals surface area contributed by atoms with Crippen LogP contribution in [-0.4, -0.2) is 0 Å². The summed E-state index contributed by atoms with van der Waals surface area (Å²) in [7, 11) is 0. The Balaban J connectivity index is 1.51. The fourth-order valence-electron chi connectivity index (χ4n) is 6.78. The molecule has 0 aliphatic heterocycles. The Hall–Kier alpha value is -4.62. The second-order valence-corrected chi connectivity index (χ2v) is 12.5. The Morgan fingerprint density at radius 2 is 1.61 bits per heavy atom. The highest BCUT2D eigenvalue weighted by molar-refractivity contribution is 6.08. The average molecular weight is 604 g/mol. The molecule has 1 aliphatic carbocycles. The second kappa shape index (κ2) is 15.6. The van der Waals surface area contributed by atoms with E-state index in [1.807, 2.05) is 6.08 Å². The third kappa shape index (κ3) is 7.43. The predicted molar refractivity (Wildman–Crippen MR) is 204 cm³/mol. The first-order chi connectivity index (χ1) is 22.5. The van der Waals surface area contributed by atoms with E-state index in [2.05, 4.69) is 174 Å². The van der Waals surface area contributed by atoms with E-state index in [9.17, 15) is 0 Å². The average Bonchev–Trinajstić information content (AvgIpc) is 3.28. The fraction of sp³-hybridized carbons (Fsp3) is 0.244. The van der Waals surface area contributed by atoms with Gasteiger partial charge in [0.25, 0.3) is 0 Å². The first-order valence-corrected chi connectivity index (χ1v) is 16.9. The minimum Gasteiger partial charge on any atom is -0.314 e. The van der Waals surface area contributed by atoms with E-state index in [0.29, 0.717) is 11.8 Å². The Bertz CT molecular complexity index is 1860. The Kier molecular flexibility index (Phi) is 11.1. The molecule has 5 rings (SSSR count). The number of fused-ring (bicyclic) bond motifs is 3. The van der Waals surface area contributed by atoms with Crippen LogP contribution in [-0.2, 0) is 6.42 Å². The van der Waals surface area contributed by atoms with Crippen molar-refractivity contribution >= 4 is 32.9 Å². The molecule has 234 valence electrons. The van der Waals surface area contributed by atoms with Crippen molar-refractivity contribution in [3.63, 3.8) is 0 Å². The first-order valence-electron chi connectivity index (χ1n) is 16.9. The van der Waals surface area contributed by atoms with E-state index >= 15 is 0 Å². The van der Waals surface area contributed by atoms with Crippen molar-refractivity contribution in [2.75, 3.05) is 4.90 Å². The highest BCUT2D eigenvalue weighted by Crippen LogP contribution is 2.37. The molecule has 0 aromatic heterocycles. The van der Waals surface area contributed by atoms with E-state index in [4.69, 9.17) is 0 Å². The van der Waals surface area contributed by atoms with Gasteiger partial charge in [-0.3, -0.25) is 0 Å². The molecule has 1 aliphatic rings. The van der Waals surface area contributed by atoms with Gasteiger partial charge in [0.2, 0.25) is 0 Å². The summed E-state index contributed by atoms with van der Waals surface area (Å²) in [6, 6.07) is 29.3. The molecular weight excluding hydrogens is 555 g/mol. The van der Waals surface area contributed by atoms with Crippen molar-refractivity contribution in [3.8, 4) is 0 Å². The third-order valence-electron chi connectivity index (χ3n) is 9.35. The Morgan fingerprint density at radius 1 is 0.870 bits per heavy atom. The summed E-state index contributed by atoms with van der Waals surface area (Å²) in [4.78, 5) is 2.38. The van der Waals surface area contributed by atoms with Crippen molar-refractivity contribution in [1.82, 2.24) is 0 Å². The van der Waals surface area contributed by atoms with Gasteiger partial charge in [-0.2, -0.15) is 0 Å². The number of hydrogen-bond acceptors (Lipinski definition) is 1. The van der Waals surface area contributed by atoms with Gasteiger partial charge in [0.05, 0.1) is 0 Å². The van der Waals surface area contributed by atoms with Gasteiger partial charge in [0, 0.05) is 17.1 Å². The van der Waals surface area contributed by atoms with Crippen LogP contribution in [0.15, 0.2) is 163 Å². The Labute approximate surface area is 277 Å². The van der Waals surface area contributed by atoms with Crippen LogP contribution in [0.5, 0.6) is 0 Å². The van der Waals surface area contributed by atoms with Gasteiger partial charge in [-0.25, -0.2) is 0 Å². The van der Waals surface area contributed by atoms with Crippen LogP contribution in [0.2, 0.25) is 0 Å². The highest BCUT2D eigenvalue weighted by Gasteiger charge is 2.22. The van der Waals surface area contributed by atoms with Crippen molar-refractivity contribution in [3.05, 3.63) is 168 Å². The molecule has 0 saturated heterocycles. The summed E-state index contributed by atoms with van der Waals surface area (Å²) in [5, 5.41) is 5.16. The predicted octanol–water partition coefficient (Wildman–Crippen LogP) is 13.2. The quantitative estimate of drug-likeness (QED) is 0.0884. The first kappa shape index (κ1) is 32.8. The maximum absolute atomic E-state index is 4.04. The monoisotopic (exact) mass is 603 g/mol. The number of allylic oxidation sites excluding steroid dienone is 13. The van der Waals surface area contributed by atoms with Crippen LogP contribution >= 0.6 is 0 Å². The molecule has 0 spiro atoms. The Morgan fingerprint density at radius 3 is 2.30 bits per heavy atom. The molecule has 0 N–H and O–H groups in total. The van der Waals surface area contributed by atoms with Crippen LogP contribution in [0.4, 0.5) is 11.4 Å². The van der Waals surface area contributed by atoms with E-state index in [1.54, 1.807) is 0 Å². The van der Waals surface area contributed by atoms with Gasteiger partial charge in [-0.05, 0) is 132 Å². The lowest BCUT2D eigenvalue weighted by Gasteiger charge is -2.28. The minimum absolute atomic E-state index is 0.441. The van der Waals surface area contributed by atoms with Gasteiger partial charge in [-0.15, -0.1) is 0 Å². The molecule has 0 saturated carbocycles. The summed E-state index contributed by atoms with van der Waals surface area (Å²) < 4.78 is 0. The lowest BCUT2D eigenvalue weighted by molar-refractivity contribution is 0.416. The highest BCUT2D eigenvalue weighted by atomic mass is 15.1. The van der Waals surface area contributed by atoms with Crippen molar-refractivity contribution in [2.24, 2.45) is 11.8 Å². The van der Waals surface area contributed by atoms with E-state index in [0.717, 1.165) is 25.7 Å². The van der Waals surface area contributed by atoms with Crippen LogP contribution in [0.3, 0.4) is 0 Å². The summed E-state index contributed by atoms with van der Waals surface area (Å²) in [5.74, 6) is 0.974. The molecule has 4 aromatic rings. The molecule has 46 heavy (non-hydrogen) atoms. The van der Waals surface area contributed by atoms with E-state index in [1.165, 1.54) is 60.9 Å². The lowest BCUT2D eigenvalue weighted by Crippen LogP contribution is -2.16. The molecule has 2 unspecified atom stereocenters. The minimum atomic E-state index is 0.441. The maximum Gasteiger partial charge on any atom is 0.0464 e. The van der Waals surface area contributed by atoms with E-state index in [-0.39, 0.29) is 0 Å². The van der Waals surface area contributed by atoms with Crippen LogP contribution in [0.25, 0.3) is 21.5 Å². The summed E-state index contributed by atoms with van der Waals surface area (Å²) in [6.07, 6.45) is 24.1. The molecule has 0 heterocycles. The zero-order valence-electron chi connectivity index (χ0n) is 28.3. The normalized spacial score (nSPS) is 15.5. The van der Waals surface area contributed by atoms with Gasteiger partial charge in [-0.1, -0.05) is 124 Å². The second-order valence-electron chi connectivity index (χ2n) is 12.5. The maximum atomic E-state index is 4.04. The number of rotatable bonds is 12. The molecular formula is C45H49N. The van der Waals surface area contributed by atoms with Crippen LogP contribution < -0.4 is 4.90 Å². The molecule has 1 heteroatoms. The molecule has 0 bridgehead atoms. The van der Waals surface area contributed by atoms with Gasteiger partial charge < -0.3 is 4.90 Å². The summed E-state index contributed by atoms with van der Waals surface area (Å²) in [6.45, 7) is 15.1. The summed E-state index contributed by atoms with van der Waals surface area (Å²) >= 11 is 0. The zero-order valence-corrected chi connectivity index (χ0v) is 28.3. The standard InChI is InChI=1S/C45H49N/c1-7-11-17-33(5)45(37-19-16-18-36(9-3)34(6)29-37)31-35-23-27-43-38(30-35)24-25-39-32-42(26-28-44(39)43)46(40(10-4)20-12-8-2)41-21-14-13-15-22-41/h7-9,11-15,18-30,32-33,45H,3,10,16-17,31H2,1-2,4-6H3/b11-7-,12-8-,40-20+. The lowest BCUT2D eigenvalue weighted by atomic mass is 9.79. The molecule has 4 aromatic carbocycles. The molecule has 1 nitrogen and oxygen atoms in total. The molecule has 0 amide bonds. The fourth-order valence-corrected chi connectivity index (χ4v) is 6.78. The number of anilines is 2. The van der Waals surface area contributed by atoms with Gasteiger partial charge in [0.1, 0.15) is 0 Å². The van der Waals surface area contributed by atoms with Crippen LogP contribution in [0.1, 0.15) is 59.4 Å². The van der Waals surface area contributed by atoms with Crippen molar-refractivity contribution in [2.45, 2.75) is 60.3 Å².